The summed E-state index contributed by atoms with van der Waals surface area (Å²) in [6, 6.07) is 22.6. The van der Waals surface area contributed by atoms with Crippen LogP contribution >= 0.6 is 0 Å². The third-order valence-corrected chi connectivity index (χ3v) is 5.89. The summed E-state index contributed by atoms with van der Waals surface area (Å²) < 4.78 is 13.1. The molecule has 1 unspecified atom stereocenters. The maximum atomic E-state index is 13.1. The molecule has 2 N–H and O–H groups in total. The number of nitrogens with zero attached hydrogens (tertiary/aromatic N) is 1. The van der Waals surface area contributed by atoms with Crippen LogP contribution in [0.1, 0.15) is 27.9 Å². The number of amides is 3. The molecule has 0 saturated carbocycles. The lowest BCUT2D eigenvalue weighted by molar-refractivity contribution is -0.128. The number of carbonyl (C=O) groups excluding carboxylic acids is 3. The highest BCUT2D eigenvalue weighted by atomic mass is 19.1. The number of hydrogen-bond acceptors (Lipinski definition) is 3. The second kappa shape index (κ2) is 10.7. The molecule has 0 spiro atoms. The second-order valence-corrected chi connectivity index (χ2v) is 8.32. The smallest absolute Gasteiger partial charge is 0.253 e. The molecule has 1 atom stereocenters. The molecule has 174 valence electrons. The van der Waals surface area contributed by atoms with E-state index < -0.39 is 5.92 Å². The first kappa shape index (κ1) is 23.2. The molecule has 3 amide bonds. The third kappa shape index (κ3) is 5.86. The van der Waals surface area contributed by atoms with E-state index in [2.05, 4.69) is 10.6 Å². The van der Waals surface area contributed by atoms with Gasteiger partial charge in [-0.25, -0.2) is 4.39 Å². The monoisotopic (exact) mass is 459 g/mol. The van der Waals surface area contributed by atoms with Crippen molar-refractivity contribution in [1.29, 1.82) is 0 Å². The Kier molecular flexibility index (Phi) is 7.32. The molecule has 1 heterocycles. The Morgan fingerprint density at radius 3 is 2.38 bits per heavy atom. The van der Waals surface area contributed by atoms with E-state index >= 15 is 0 Å². The molecular weight excluding hydrogens is 433 g/mol. The van der Waals surface area contributed by atoms with Gasteiger partial charge in [0.2, 0.25) is 11.8 Å². The Morgan fingerprint density at radius 2 is 1.62 bits per heavy atom. The van der Waals surface area contributed by atoms with Crippen molar-refractivity contribution in [2.75, 3.05) is 18.4 Å². The van der Waals surface area contributed by atoms with Crippen LogP contribution < -0.4 is 10.6 Å². The van der Waals surface area contributed by atoms with E-state index in [0.29, 0.717) is 37.3 Å². The molecule has 6 nitrogen and oxygen atoms in total. The van der Waals surface area contributed by atoms with E-state index in [-0.39, 0.29) is 30.0 Å². The van der Waals surface area contributed by atoms with Crippen molar-refractivity contribution in [3.05, 3.63) is 101 Å². The molecule has 7 heteroatoms. The molecule has 0 aromatic heterocycles. The maximum absolute atomic E-state index is 13.1. The van der Waals surface area contributed by atoms with Gasteiger partial charge < -0.3 is 15.5 Å². The number of likely N-dealkylation sites (tertiary alicyclic amines) is 1. The van der Waals surface area contributed by atoms with Gasteiger partial charge >= 0.3 is 0 Å². The zero-order valence-corrected chi connectivity index (χ0v) is 18.7. The summed E-state index contributed by atoms with van der Waals surface area (Å²) in [5, 5.41) is 5.70. The Hall–Kier alpha value is -4.00. The van der Waals surface area contributed by atoms with E-state index in [9.17, 15) is 18.8 Å². The number of nitrogens with one attached hydrogen (secondary N) is 2. The van der Waals surface area contributed by atoms with Crippen LogP contribution in [-0.2, 0) is 22.6 Å². The molecule has 1 aliphatic heterocycles. The summed E-state index contributed by atoms with van der Waals surface area (Å²) in [6.07, 6.45) is 0.711. The van der Waals surface area contributed by atoms with Gasteiger partial charge in [-0.3, -0.25) is 14.4 Å². The van der Waals surface area contributed by atoms with Crippen molar-refractivity contribution in [3.63, 3.8) is 0 Å². The van der Waals surface area contributed by atoms with Gasteiger partial charge in [0, 0.05) is 26.1 Å². The van der Waals surface area contributed by atoms with Crippen LogP contribution in [0.2, 0.25) is 0 Å². The molecule has 3 aromatic rings. The summed E-state index contributed by atoms with van der Waals surface area (Å²) in [4.78, 5) is 39.7. The van der Waals surface area contributed by atoms with Gasteiger partial charge in [0.05, 0.1) is 17.2 Å². The summed E-state index contributed by atoms with van der Waals surface area (Å²) >= 11 is 0. The van der Waals surface area contributed by atoms with Crippen LogP contribution in [-0.4, -0.2) is 35.7 Å². The predicted molar refractivity (Wildman–Crippen MR) is 127 cm³/mol. The highest BCUT2D eigenvalue weighted by Gasteiger charge is 2.34. The second-order valence-electron chi connectivity index (χ2n) is 8.32. The molecule has 1 fully saturated rings. The SMILES string of the molecule is O=C(NCc1ccccc1)c1ccccc1NC(=O)C1CC(=O)N(CCc2ccc(F)cc2)C1. The number of anilines is 1. The normalized spacial score (nSPS) is 15.3. The first-order valence-electron chi connectivity index (χ1n) is 11.2. The minimum absolute atomic E-state index is 0.0869. The molecular formula is C27H26FN3O3. The number of carbonyl (C=O) groups is 3. The lowest BCUT2D eigenvalue weighted by Crippen LogP contribution is -2.30. The van der Waals surface area contributed by atoms with Crippen LogP contribution in [0.4, 0.5) is 10.1 Å². The van der Waals surface area contributed by atoms with Crippen molar-refractivity contribution in [2.45, 2.75) is 19.4 Å². The first-order valence-corrected chi connectivity index (χ1v) is 11.2. The first-order chi connectivity index (χ1) is 16.5. The summed E-state index contributed by atoms with van der Waals surface area (Å²) in [6.45, 7) is 1.16. The van der Waals surface area contributed by atoms with Crippen molar-refractivity contribution in [3.8, 4) is 0 Å². The topological polar surface area (TPSA) is 78.5 Å². The summed E-state index contributed by atoms with van der Waals surface area (Å²) in [5.41, 5.74) is 2.68. The molecule has 34 heavy (non-hydrogen) atoms. The van der Waals surface area contributed by atoms with Crippen LogP contribution in [0.3, 0.4) is 0 Å². The van der Waals surface area contributed by atoms with E-state index in [1.54, 1.807) is 41.3 Å². The highest BCUT2D eigenvalue weighted by molar-refractivity contribution is 6.05. The zero-order valence-electron chi connectivity index (χ0n) is 18.7. The average Bonchev–Trinajstić information content (AvgIpc) is 3.24. The Bertz CT molecular complexity index is 1170. The largest absolute Gasteiger partial charge is 0.348 e. The number of halogens is 1. The predicted octanol–water partition coefficient (Wildman–Crippen LogP) is 3.79. The van der Waals surface area contributed by atoms with Crippen molar-refractivity contribution in [1.82, 2.24) is 10.2 Å². The van der Waals surface area contributed by atoms with Gasteiger partial charge in [-0.05, 0) is 41.8 Å². The van der Waals surface area contributed by atoms with Crippen molar-refractivity contribution < 1.29 is 18.8 Å². The highest BCUT2D eigenvalue weighted by Crippen LogP contribution is 2.22. The number of hydrogen-bond donors (Lipinski definition) is 2. The average molecular weight is 460 g/mol. The zero-order chi connectivity index (χ0) is 23.9. The van der Waals surface area contributed by atoms with Crippen LogP contribution in [0.25, 0.3) is 0 Å². The van der Waals surface area contributed by atoms with E-state index in [4.69, 9.17) is 0 Å². The van der Waals surface area contributed by atoms with Crippen molar-refractivity contribution >= 4 is 23.4 Å². The molecule has 4 rings (SSSR count). The fourth-order valence-corrected chi connectivity index (χ4v) is 3.98. The van der Waals surface area contributed by atoms with Crippen LogP contribution in [0, 0.1) is 11.7 Å². The summed E-state index contributed by atoms with van der Waals surface area (Å²) in [7, 11) is 0. The number of rotatable bonds is 8. The lowest BCUT2D eigenvalue weighted by atomic mass is 10.1. The molecule has 3 aromatic carbocycles. The molecule has 1 aliphatic rings. The number of benzene rings is 3. The van der Waals surface area contributed by atoms with Crippen LogP contribution in [0.5, 0.6) is 0 Å². The molecule has 0 aliphatic carbocycles. The van der Waals surface area contributed by atoms with Gasteiger partial charge in [0.15, 0.2) is 0 Å². The fraction of sp³-hybridized carbons (Fsp3) is 0.222. The maximum Gasteiger partial charge on any atom is 0.253 e. The van der Waals surface area contributed by atoms with Crippen molar-refractivity contribution in [2.24, 2.45) is 5.92 Å². The van der Waals surface area contributed by atoms with Gasteiger partial charge in [-0.1, -0.05) is 54.6 Å². The Balaban J connectivity index is 1.34. The fourth-order valence-electron chi connectivity index (χ4n) is 3.98. The Labute approximate surface area is 197 Å². The minimum Gasteiger partial charge on any atom is -0.348 e. The van der Waals surface area contributed by atoms with Gasteiger partial charge in [-0.15, -0.1) is 0 Å². The molecule has 0 radical (unpaired) electrons. The third-order valence-electron chi connectivity index (χ3n) is 5.89. The van der Waals surface area contributed by atoms with Gasteiger partial charge in [-0.2, -0.15) is 0 Å². The quantitative estimate of drug-likeness (QED) is 0.538. The van der Waals surface area contributed by atoms with E-state index in [0.717, 1.165) is 11.1 Å². The van der Waals surface area contributed by atoms with Gasteiger partial charge in [0.25, 0.3) is 5.91 Å². The summed E-state index contributed by atoms with van der Waals surface area (Å²) in [5.74, 6) is -1.46. The number of para-hydroxylation sites is 1. The molecule has 1 saturated heterocycles. The standard InChI is InChI=1S/C27H26FN3O3/c28-22-12-10-19(11-13-22)14-15-31-18-21(16-25(31)32)26(33)30-24-9-5-4-8-23(24)27(34)29-17-20-6-2-1-3-7-20/h1-13,21H,14-18H2,(H,29,34)(H,30,33). The Morgan fingerprint density at radius 1 is 0.912 bits per heavy atom. The molecule has 0 bridgehead atoms. The lowest BCUT2D eigenvalue weighted by Gasteiger charge is -2.17. The van der Waals surface area contributed by atoms with E-state index in [1.165, 1.54) is 12.1 Å². The minimum atomic E-state index is -0.499. The van der Waals surface area contributed by atoms with Gasteiger partial charge in [0.1, 0.15) is 5.82 Å². The van der Waals surface area contributed by atoms with E-state index in [1.807, 2.05) is 30.3 Å². The van der Waals surface area contributed by atoms with Crippen LogP contribution in [0.15, 0.2) is 78.9 Å².